The first-order chi connectivity index (χ1) is 21.3. The summed E-state index contributed by atoms with van der Waals surface area (Å²) < 4.78 is 23.7. The van der Waals surface area contributed by atoms with Gasteiger partial charge in [0.15, 0.2) is 0 Å². The molecule has 4 unspecified atom stereocenters. The Labute approximate surface area is 256 Å². The molecule has 4 aromatic rings. The molecule has 0 bridgehead atoms. The topological polar surface area (TPSA) is 130 Å². The summed E-state index contributed by atoms with van der Waals surface area (Å²) in [6.45, 7) is 0.975. The second-order valence-corrected chi connectivity index (χ2v) is 11.3. The van der Waals surface area contributed by atoms with Crippen LogP contribution in [0.4, 0.5) is 0 Å². The van der Waals surface area contributed by atoms with Crippen molar-refractivity contribution in [3.63, 3.8) is 0 Å². The summed E-state index contributed by atoms with van der Waals surface area (Å²) in [6, 6.07) is 19.4. The van der Waals surface area contributed by atoms with Gasteiger partial charge in [-0.2, -0.15) is 0 Å². The van der Waals surface area contributed by atoms with E-state index < -0.39 is 24.0 Å². The van der Waals surface area contributed by atoms with Gasteiger partial charge in [0.25, 0.3) is 0 Å². The summed E-state index contributed by atoms with van der Waals surface area (Å²) in [6.07, 6.45) is -1.49. The number of phenolic OH excluding ortho intramolecular Hbond substituents is 2. The summed E-state index contributed by atoms with van der Waals surface area (Å²) in [4.78, 5) is 0. The van der Waals surface area contributed by atoms with Crippen molar-refractivity contribution < 1.29 is 39.4 Å². The van der Waals surface area contributed by atoms with Crippen molar-refractivity contribution in [2.45, 2.75) is 25.2 Å². The van der Waals surface area contributed by atoms with Crippen LogP contribution in [0.2, 0.25) is 0 Å². The first-order valence-electron chi connectivity index (χ1n) is 14.6. The summed E-state index contributed by atoms with van der Waals surface area (Å²) in [5, 5.41) is 46.9. The van der Waals surface area contributed by atoms with E-state index in [1.165, 1.54) is 0 Å². The van der Waals surface area contributed by atoms with Crippen LogP contribution in [-0.4, -0.2) is 54.9 Å². The summed E-state index contributed by atoms with van der Waals surface area (Å²) in [7, 11) is 5.01. The molecule has 2 aliphatic heterocycles. The highest BCUT2D eigenvalue weighted by Crippen LogP contribution is 2.49. The monoisotopic (exact) mass is 599 g/mol. The van der Waals surface area contributed by atoms with Crippen molar-refractivity contribution in [1.82, 2.24) is 5.32 Å². The van der Waals surface area contributed by atoms with Crippen LogP contribution in [0.1, 0.15) is 40.0 Å². The Kier molecular flexibility index (Phi) is 8.27. The van der Waals surface area contributed by atoms with E-state index in [0.717, 1.165) is 27.8 Å². The number of hydrogen-bond donors (Lipinski definition) is 5. The van der Waals surface area contributed by atoms with E-state index in [-0.39, 0.29) is 24.7 Å². The summed E-state index contributed by atoms with van der Waals surface area (Å²) >= 11 is 0. The Balaban J connectivity index is 1.33. The van der Waals surface area contributed by atoms with Gasteiger partial charge in [0, 0.05) is 47.1 Å². The molecule has 0 radical (unpaired) electrons. The van der Waals surface area contributed by atoms with Gasteiger partial charge in [0.1, 0.15) is 34.5 Å². The van der Waals surface area contributed by atoms with Crippen LogP contribution >= 0.6 is 0 Å². The predicted octanol–water partition coefficient (Wildman–Crippen LogP) is 4.88. The molecule has 9 nitrogen and oxygen atoms in total. The third kappa shape index (κ3) is 5.50. The lowest BCUT2D eigenvalue weighted by Crippen LogP contribution is -2.40. The molecule has 4 atom stereocenters. The van der Waals surface area contributed by atoms with Gasteiger partial charge < -0.3 is 44.7 Å². The highest BCUT2D eigenvalue weighted by atomic mass is 16.5. The van der Waals surface area contributed by atoms with Crippen molar-refractivity contribution in [2.75, 3.05) is 34.5 Å². The van der Waals surface area contributed by atoms with E-state index in [0.29, 0.717) is 47.1 Å². The van der Waals surface area contributed by atoms with Crippen LogP contribution in [0.3, 0.4) is 0 Å². The van der Waals surface area contributed by atoms with Crippen LogP contribution in [-0.2, 0) is 13.0 Å². The molecule has 2 heterocycles. The van der Waals surface area contributed by atoms with Gasteiger partial charge in [-0.3, -0.25) is 0 Å². The molecule has 230 valence electrons. The molecule has 6 rings (SSSR count). The number of ether oxygens (including phenoxy) is 4. The maximum atomic E-state index is 11.8. The number of rotatable bonds is 8. The van der Waals surface area contributed by atoms with Crippen LogP contribution in [0, 0.1) is 11.8 Å². The average Bonchev–Trinajstić information content (AvgIpc) is 3.02. The number of hydrogen-bond acceptors (Lipinski definition) is 9. The predicted molar refractivity (Wildman–Crippen MR) is 165 cm³/mol. The number of benzene rings is 4. The Hall–Kier alpha value is -4.44. The smallest absolute Gasteiger partial charge is 0.128 e. The van der Waals surface area contributed by atoms with Crippen LogP contribution in [0.15, 0.2) is 66.7 Å². The molecule has 0 aliphatic carbocycles. The van der Waals surface area contributed by atoms with Gasteiger partial charge in [-0.25, -0.2) is 0 Å². The molecule has 9 heteroatoms. The maximum absolute atomic E-state index is 11.8. The SMILES string of the molecule is CNCc1cc2c(cc1OC)C(O)C(C1COc3c(Cc4cc(O)ccc4-c4cccc(O)c4)cc(OC)cc3C1O)CO2. The molecule has 0 spiro atoms. The highest BCUT2D eigenvalue weighted by molar-refractivity contribution is 5.70. The minimum atomic E-state index is -0.961. The number of phenols is 2. The van der Waals surface area contributed by atoms with Gasteiger partial charge in [-0.1, -0.05) is 18.2 Å². The van der Waals surface area contributed by atoms with E-state index in [1.54, 1.807) is 50.6 Å². The molecule has 0 saturated heterocycles. The third-order valence-electron chi connectivity index (χ3n) is 8.66. The van der Waals surface area contributed by atoms with Gasteiger partial charge >= 0.3 is 0 Å². The van der Waals surface area contributed by atoms with E-state index in [2.05, 4.69) is 5.32 Å². The first-order valence-corrected chi connectivity index (χ1v) is 14.6. The average molecular weight is 600 g/mol. The molecule has 0 fully saturated rings. The third-order valence-corrected chi connectivity index (χ3v) is 8.66. The lowest BCUT2D eigenvalue weighted by atomic mass is 9.77. The molecular weight excluding hydrogens is 562 g/mol. The second kappa shape index (κ2) is 12.3. The number of fused-ring (bicyclic) bond motifs is 2. The van der Waals surface area contributed by atoms with Crippen molar-refractivity contribution in [3.8, 4) is 45.6 Å². The summed E-state index contributed by atoms with van der Waals surface area (Å²) in [5.41, 5.74) is 5.34. The van der Waals surface area contributed by atoms with E-state index in [1.807, 2.05) is 37.4 Å². The Morgan fingerprint density at radius 2 is 1.52 bits per heavy atom. The van der Waals surface area contributed by atoms with Gasteiger partial charge in [-0.15, -0.1) is 0 Å². The van der Waals surface area contributed by atoms with Crippen molar-refractivity contribution in [2.24, 2.45) is 11.8 Å². The Morgan fingerprint density at radius 1 is 0.773 bits per heavy atom. The standard InChI is InChI=1S/C35H37NO8/c1-36-16-22-13-32-27(15-31(22)42-3)33(39)29(17-43-32)30-18-44-35-21(12-25(41-2)14-28(35)34(30)40)9-20-11-24(38)7-8-26(20)19-5-4-6-23(37)10-19/h4-8,10-15,29-30,33-34,36-40H,9,16-18H2,1-3H3. The molecule has 44 heavy (non-hydrogen) atoms. The van der Waals surface area contributed by atoms with Crippen LogP contribution in [0.5, 0.6) is 34.5 Å². The van der Waals surface area contributed by atoms with E-state index in [9.17, 15) is 20.4 Å². The van der Waals surface area contributed by atoms with Gasteiger partial charge in [0.05, 0.1) is 39.6 Å². The molecular formula is C35H37NO8. The number of methoxy groups -OCH3 is 2. The molecule has 0 saturated carbocycles. The second-order valence-electron chi connectivity index (χ2n) is 11.3. The van der Waals surface area contributed by atoms with Gasteiger partial charge in [-0.05, 0) is 72.3 Å². The van der Waals surface area contributed by atoms with Crippen molar-refractivity contribution in [3.05, 3.63) is 94.5 Å². The minimum Gasteiger partial charge on any atom is -0.508 e. The van der Waals surface area contributed by atoms with Crippen LogP contribution < -0.4 is 24.3 Å². The Bertz CT molecular complexity index is 1670. The number of aliphatic hydroxyl groups excluding tert-OH is 2. The zero-order chi connectivity index (χ0) is 31.0. The molecule has 2 aliphatic rings. The molecule has 0 amide bonds. The largest absolute Gasteiger partial charge is 0.508 e. The summed E-state index contributed by atoms with van der Waals surface area (Å²) in [5.74, 6) is 1.70. The normalized spacial score (nSPS) is 20.6. The van der Waals surface area contributed by atoms with Crippen molar-refractivity contribution >= 4 is 0 Å². The van der Waals surface area contributed by atoms with Crippen LogP contribution in [0.25, 0.3) is 11.1 Å². The first kappa shape index (κ1) is 29.6. The zero-order valence-electron chi connectivity index (χ0n) is 24.9. The fourth-order valence-electron chi connectivity index (χ4n) is 6.43. The number of aromatic hydroxyl groups is 2. The molecule has 0 aromatic heterocycles. The quantitative estimate of drug-likeness (QED) is 0.193. The number of nitrogens with one attached hydrogen (secondary N) is 1. The molecule has 5 N–H and O–H groups in total. The van der Waals surface area contributed by atoms with Crippen molar-refractivity contribution in [1.29, 1.82) is 0 Å². The minimum absolute atomic E-state index is 0.114. The van der Waals surface area contributed by atoms with Gasteiger partial charge in [0.2, 0.25) is 0 Å². The fourth-order valence-corrected chi connectivity index (χ4v) is 6.43. The maximum Gasteiger partial charge on any atom is 0.128 e. The van der Waals surface area contributed by atoms with E-state index >= 15 is 0 Å². The zero-order valence-corrected chi connectivity index (χ0v) is 24.9. The fraction of sp³-hybridized carbons (Fsp3) is 0.314. The lowest BCUT2D eigenvalue weighted by Gasteiger charge is -2.40. The lowest BCUT2D eigenvalue weighted by molar-refractivity contribution is -0.0554. The van der Waals surface area contributed by atoms with E-state index in [4.69, 9.17) is 18.9 Å². The number of aliphatic hydroxyl groups is 2. The Morgan fingerprint density at radius 3 is 2.25 bits per heavy atom. The highest BCUT2D eigenvalue weighted by Gasteiger charge is 2.43. The molecule has 4 aromatic carbocycles.